The third-order valence-corrected chi connectivity index (χ3v) is 6.71. The summed E-state index contributed by atoms with van der Waals surface area (Å²) >= 11 is 0. The summed E-state index contributed by atoms with van der Waals surface area (Å²) in [6.07, 6.45) is 3.18. The smallest absolute Gasteiger partial charge is 0.253 e. The van der Waals surface area contributed by atoms with E-state index in [4.69, 9.17) is 5.26 Å². The first-order valence-electron chi connectivity index (χ1n) is 11.4. The van der Waals surface area contributed by atoms with Gasteiger partial charge in [-0.15, -0.1) is 0 Å². The van der Waals surface area contributed by atoms with Gasteiger partial charge in [0.2, 0.25) is 0 Å². The van der Waals surface area contributed by atoms with Crippen LogP contribution in [-0.4, -0.2) is 66.9 Å². The number of piperazine rings is 1. The number of likely N-dealkylation sites (N-methyl/N-ethyl adjacent to an activating group) is 1. The van der Waals surface area contributed by atoms with Crippen LogP contribution in [0.5, 0.6) is 0 Å². The van der Waals surface area contributed by atoms with Crippen LogP contribution in [-0.2, 0) is 13.0 Å². The van der Waals surface area contributed by atoms with Gasteiger partial charge in [0.05, 0.1) is 11.6 Å². The highest BCUT2D eigenvalue weighted by atomic mass is 16.2. The van der Waals surface area contributed by atoms with Gasteiger partial charge in [0.15, 0.2) is 0 Å². The van der Waals surface area contributed by atoms with E-state index in [1.807, 2.05) is 4.90 Å². The third kappa shape index (κ3) is 5.72. The van der Waals surface area contributed by atoms with Gasteiger partial charge in [-0.2, -0.15) is 5.26 Å². The molecule has 0 spiro atoms. The second kappa shape index (κ2) is 10.1. The molecule has 2 fully saturated rings. The standard InChI is InChI=1S/C26H32N4O/c1-28-14-16-29(17-15-28)20-24-4-2-21(3-5-24)18-22-10-12-30(13-11-22)26(31)25-8-6-23(19-27)7-9-25/h2-9,22H,10-18,20H2,1H3. The lowest BCUT2D eigenvalue weighted by atomic mass is 9.89. The lowest BCUT2D eigenvalue weighted by Gasteiger charge is -2.32. The molecule has 162 valence electrons. The Morgan fingerprint density at radius 1 is 0.903 bits per heavy atom. The molecular formula is C26H32N4O. The average molecular weight is 417 g/mol. The Bertz CT molecular complexity index is 900. The van der Waals surface area contributed by atoms with E-state index in [1.165, 1.54) is 11.1 Å². The molecule has 31 heavy (non-hydrogen) atoms. The summed E-state index contributed by atoms with van der Waals surface area (Å²) in [7, 11) is 2.19. The molecule has 2 saturated heterocycles. The lowest BCUT2D eigenvalue weighted by molar-refractivity contribution is 0.0690. The number of amides is 1. The van der Waals surface area contributed by atoms with Gasteiger partial charge < -0.3 is 9.80 Å². The number of rotatable bonds is 5. The zero-order valence-corrected chi connectivity index (χ0v) is 18.5. The van der Waals surface area contributed by atoms with Gasteiger partial charge in [0.1, 0.15) is 0 Å². The number of likely N-dealkylation sites (tertiary alicyclic amines) is 1. The molecule has 2 aromatic rings. The first-order chi connectivity index (χ1) is 15.1. The Balaban J connectivity index is 1.24. The lowest BCUT2D eigenvalue weighted by Crippen LogP contribution is -2.43. The predicted octanol–water partition coefficient (Wildman–Crippen LogP) is 3.40. The number of piperidine rings is 1. The summed E-state index contributed by atoms with van der Waals surface area (Å²) in [6.45, 7) is 7.28. The fraction of sp³-hybridized carbons (Fsp3) is 0.462. The number of hydrogen-bond acceptors (Lipinski definition) is 4. The van der Waals surface area contributed by atoms with Crippen LogP contribution in [0.15, 0.2) is 48.5 Å². The van der Waals surface area contributed by atoms with E-state index in [-0.39, 0.29) is 5.91 Å². The molecular weight excluding hydrogens is 384 g/mol. The molecule has 5 heteroatoms. The minimum absolute atomic E-state index is 0.0798. The first kappa shape index (κ1) is 21.5. The number of nitrogens with zero attached hydrogens (tertiary/aromatic N) is 4. The molecule has 0 N–H and O–H groups in total. The summed E-state index contributed by atoms with van der Waals surface area (Å²) in [5.74, 6) is 0.713. The van der Waals surface area contributed by atoms with Crippen molar-refractivity contribution in [2.75, 3.05) is 46.3 Å². The predicted molar refractivity (Wildman–Crippen MR) is 123 cm³/mol. The quantitative estimate of drug-likeness (QED) is 0.750. The number of carbonyl (C=O) groups is 1. The highest BCUT2D eigenvalue weighted by molar-refractivity contribution is 5.94. The SMILES string of the molecule is CN1CCN(Cc2ccc(CC3CCN(C(=O)c4ccc(C#N)cc4)CC3)cc2)CC1. The van der Waals surface area contributed by atoms with Crippen molar-refractivity contribution in [2.24, 2.45) is 5.92 Å². The fourth-order valence-electron chi connectivity index (χ4n) is 4.59. The van der Waals surface area contributed by atoms with E-state index in [9.17, 15) is 4.79 Å². The Labute approximate surface area is 185 Å². The highest BCUT2D eigenvalue weighted by Crippen LogP contribution is 2.23. The zero-order valence-electron chi connectivity index (χ0n) is 18.5. The maximum absolute atomic E-state index is 12.7. The van der Waals surface area contributed by atoms with Gasteiger partial charge in [-0.3, -0.25) is 9.69 Å². The summed E-state index contributed by atoms with van der Waals surface area (Å²) in [4.78, 5) is 19.6. The molecule has 0 saturated carbocycles. The van der Waals surface area contributed by atoms with Crippen molar-refractivity contribution in [3.05, 3.63) is 70.8 Å². The van der Waals surface area contributed by atoms with Crippen LogP contribution in [0.2, 0.25) is 0 Å². The molecule has 2 aliphatic rings. The maximum Gasteiger partial charge on any atom is 0.253 e. The van der Waals surface area contributed by atoms with E-state index < -0.39 is 0 Å². The highest BCUT2D eigenvalue weighted by Gasteiger charge is 2.24. The van der Waals surface area contributed by atoms with Gasteiger partial charge in [0.25, 0.3) is 5.91 Å². The molecule has 5 nitrogen and oxygen atoms in total. The van der Waals surface area contributed by atoms with Crippen molar-refractivity contribution < 1.29 is 4.79 Å². The van der Waals surface area contributed by atoms with E-state index in [2.05, 4.69) is 47.2 Å². The average Bonchev–Trinajstić information content (AvgIpc) is 2.82. The molecule has 0 unspecified atom stereocenters. The molecule has 0 bridgehead atoms. The van der Waals surface area contributed by atoms with Gasteiger partial charge in [-0.05, 0) is 67.6 Å². The molecule has 0 radical (unpaired) electrons. The van der Waals surface area contributed by atoms with Crippen molar-refractivity contribution in [3.8, 4) is 6.07 Å². The molecule has 2 heterocycles. The van der Waals surface area contributed by atoms with E-state index in [0.717, 1.165) is 65.1 Å². The van der Waals surface area contributed by atoms with Crippen LogP contribution in [0.1, 0.15) is 39.9 Å². The third-order valence-electron chi connectivity index (χ3n) is 6.71. The Hall–Kier alpha value is -2.68. The minimum Gasteiger partial charge on any atom is -0.339 e. The largest absolute Gasteiger partial charge is 0.339 e. The van der Waals surface area contributed by atoms with Gasteiger partial charge in [-0.1, -0.05) is 24.3 Å². The molecule has 4 rings (SSSR count). The van der Waals surface area contributed by atoms with Gasteiger partial charge in [0, 0.05) is 51.4 Å². The second-order valence-corrected chi connectivity index (χ2v) is 9.02. The Kier molecular flexibility index (Phi) is 7.01. The normalized spacial score (nSPS) is 18.6. The number of hydrogen-bond donors (Lipinski definition) is 0. The number of carbonyl (C=O) groups excluding carboxylic acids is 1. The Morgan fingerprint density at radius 3 is 2.13 bits per heavy atom. The summed E-state index contributed by atoms with van der Waals surface area (Å²) < 4.78 is 0. The van der Waals surface area contributed by atoms with E-state index >= 15 is 0 Å². The van der Waals surface area contributed by atoms with Crippen molar-refractivity contribution >= 4 is 5.91 Å². The zero-order chi connectivity index (χ0) is 21.6. The number of nitriles is 1. The van der Waals surface area contributed by atoms with Crippen LogP contribution in [0.3, 0.4) is 0 Å². The van der Waals surface area contributed by atoms with Crippen LogP contribution < -0.4 is 0 Å². The van der Waals surface area contributed by atoms with Crippen LogP contribution in [0.25, 0.3) is 0 Å². The van der Waals surface area contributed by atoms with Crippen molar-refractivity contribution in [1.29, 1.82) is 5.26 Å². The summed E-state index contributed by atoms with van der Waals surface area (Å²) in [5, 5.41) is 8.91. The van der Waals surface area contributed by atoms with E-state index in [0.29, 0.717) is 17.0 Å². The van der Waals surface area contributed by atoms with Crippen molar-refractivity contribution in [3.63, 3.8) is 0 Å². The molecule has 2 aromatic carbocycles. The number of benzene rings is 2. The second-order valence-electron chi connectivity index (χ2n) is 9.02. The van der Waals surface area contributed by atoms with Gasteiger partial charge in [-0.25, -0.2) is 0 Å². The maximum atomic E-state index is 12.7. The van der Waals surface area contributed by atoms with Crippen LogP contribution >= 0.6 is 0 Å². The topological polar surface area (TPSA) is 50.6 Å². The fourth-order valence-corrected chi connectivity index (χ4v) is 4.59. The summed E-state index contributed by atoms with van der Waals surface area (Å²) in [5.41, 5.74) is 4.06. The Morgan fingerprint density at radius 2 is 1.52 bits per heavy atom. The van der Waals surface area contributed by atoms with Crippen molar-refractivity contribution in [2.45, 2.75) is 25.8 Å². The van der Waals surface area contributed by atoms with E-state index in [1.54, 1.807) is 24.3 Å². The van der Waals surface area contributed by atoms with Crippen molar-refractivity contribution in [1.82, 2.24) is 14.7 Å². The summed E-state index contributed by atoms with van der Waals surface area (Å²) in [6, 6.07) is 18.2. The van der Waals surface area contributed by atoms with Gasteiger partial charge >= 0.3 is 0 Å². The van der Waals surface area contributed by atoms with Crippen LogP contribution in [0.4, 0.5) is 0 Å². The molecule has 2 aliphatic heterocycles. The first-order valence-corrected chi connectivity index (χ1v) is 11.4. The monoisotopic (exact) mass is 416 g/mol. The van der Waals surface area contributed by atoms with Crippen LogP contribution in [0, 0.1) is 17.2 Å². The molecule has 1 amide bonds. The minimum atomic E-state index is 0.0798. The molecule has 0 aliphatic carbocycles. The molecule has 0 atom stereocenters. The molecule has 0 aromatic heterocycles.